The van der Waals surface area contributed by atoms with Gasteiger partial charge in [0.05, 0.1) is 26.4 Å². The van der Waals surface area contributed by atoms with Crippen molar-refractivity contribution >= 4 is 29.9 Å². The zero-order valence-corrected chi connectivity index (χ0v) is 19.6. The molecule has 8 heteroatoms. The van der Waals surface area contributed by atoms with Gasteiger partial charge in [-0.3, -0.25) is 14.8 Å². The molecule has 158 valence electrons. The molecule has 3 aliphatic heterocycles. The maximum absolute atomic E-state index is 5.56. The average molecular weight is 495 g/mol. The first-order valence-electron chi connectivity index (χ1n) is 10.3. The Kier molecular flexibility index (Phi) is 10.1. The molecular weight excluding hydrogens is 457 g/mol. The molecule has 0 aromatic heterocycles. The number of nitrogens with zero attached hydrogens (tertiary/aromatic N) is 4. The van der Waals surface area contributed by atoms with Crippen molar-refractivity contribution in [1.82, 2.24) is 20.0 Å². The van der Waals surface area contributed by atoms with Crippen LogP contribution in [0.5, 0.6) is 0 Å². The van der Waals surface area contributed by atoms with Crippen molar-refractivity contribution in [3.8, 4) is 0 Å². The molecule has 0 amide bonds. The predicted molar refractivity (Wildman–Crippen MR) is 120 cm³/mol. The quantitative estimate of drug-likeness (QED) is 0.348. The number of rotatable bonds is 5. The lowest BCUT2D eigenvalue weighted by molar-refractivity contribution is -0.0175. The van der Waals surface area contributed by atoms with Gasteiger partial charge in [-0.2, -0.15) is 0 Å². The number of halogens is 1. The first-order valence-corrected chi connectivity index (χ1v) is 10.3. The molecule has 0 aromatic carbocycles. The minimum absolute atomic E-state index is 0. The molecule has 0 aromatic rings. The van der Waals surface area contributed by atoms with Crippen molar-refractivity contribution in [2.45, 2.75) is 32.4 Å². The minimum Gasteiger partial charge on any atom is -0.379 e. The lowest BCUT2D eigenvalue weighted by atomic mass is 10.1. The predicted octanol–water partition coefficient (Wildman–Crippen LogP) is 0.943. The third-order valence-electron chi connectivity index (χ3n) is 5.96. The Morgan fingerprint density at radius 3 is 2.59 bits per heavy atom. The highest BCUT2D eigenvalue weighted by Gasteiger charge is 2.28. The fraction of sp³-hybridized carbons (Fsp3) is 0.947. The van der Waals surface area contributed by atoms with Gasteiger partial charge in [0, 0.05) is 64.9 Å². The summed E-state index contributed by atoms with van der Waals surface area (Å²) in [6, 6.07) is 0.977. The van der Waals surface area contributed by atoms with Crippen LogP contribution in [0.1, 0.15) is 20.3 Å². The summed E-state index contributed by atoms with van der Waals surface area (Å²) in [5.74, 6) is 1.80. The number of aliphatic imine (C=N–C) groups is 1. The summed E-state index contributed by atoms with van der Waals surface area (Å²) < 4.78 is 11.0. The average Bonchev–Trinajstić information content (AvgIpc) is 3.11. The standard InChI is InChI=1S/C19H37N5O2.HI/c1-16(24-8-11-26-15-17(24)2)12-21-19(20-3)23-5-4-18(14-23)13-22-6-9-25-10-7-22;/h16-18H,4-15H2,1-3H3,(H,20,21);1H. The van der Waals surface area contributed by atoms with Gasteiger partial charge in [-0.05, 0) is 26.2 Å². The third kappa shape index (κ3) is 6.69. The van der Waals surface area contributed by atoms with Crippen LogP contribution < -0.4 is 5.32 Å². The van der Waals surface area contributed by atoms with Crippen LogP contribution in [-0.2, 0) is 9.47 Å². The van der Waals surface area contributed by atoms with Crippen molar-refractivity contribution in [2.24, 2.45) is 10.9 Å². The van der Waals surface area contributed by atoms with Crippen LogP contribution in [0.4, 0.5) is 0 Å². The van der Waals surface area contributed by atoms with Crippen LogP contribution in [0.2, 0.25) is 0 Å². The van der Waals surface area contributed by atoms with Gasteiger partial charge in [0.15, 0.2) is 5.96 Å². The van der Waals surface area contributed by atoms with Crippen LogP contribution in [0, 0.1) is 5.92 Å². The van der Waals surface area contributed by atoms with Crippen LogP contribution in [0.25, 0.3) is 0 Å². The summed E-state index contributed by atoms with van der Waals surface area (Å²) in [6.45, 7) is 15.5. The molecule has 3 fully saturated rings. The number of nitrogens with one attached hydrogen (secondary N) is 1. The number of guanidine groups is 1. The number of hydrogen-bond acceptors (Lipinski definition) is 5. The van der Waals surface area contributed by atoms with Crippen molar-refractivity contribution in [3.63, 3.8) is 0 Å². The smallest absolute Gasteiger partial charge is 0.193 e. The first-order chi connectivity index (χ1) is 12.7. The highest BCUT2D eigenvalue weighted by atomic mass is 127. The van der Waals surface area contributed by atoms with E-state index >= 15 is 0 Å². The van der Waals surface area contributed by atoms with Gasteiger partial charge in [0.2, 0.25) is 0 Å². The molecule has 0 spiro atoms. The maximum atomic E-state index is 5.56. The van der Waals surface area contributed by atoms with Crippen LogP contribution in [-0.4, -0.2) is 112 Å². The van der Waals surface area contributed by atoms with E-state index in [1.807, 2.05) is 7.05 Å². The maximum Gasteiger partial charge on any atom is 0.193 e. The second-order valence-corrected chi connectivity index (χ2v) is 7.95. The Morgan fingerprint density at radius 1 is 1.15 bits per heavy atom. The molecule has 0 bridgehead atoms. The Bertz CT molecular complexity index is 461. The fourth-order valence-corrected chi connectivity index (χ4v) is 4.41. The molecule has 0 saturated carbocycles. The van der Waals surface area contributed by atoms with Crippen LogP contribution >= 0.6 is 24.0 Å². The molecule has 3 atom stereocenters. The molecule has 3 heterocycles. The van der Waals surface area contributed by atoms with Gasteiger partial charge in [0.25, 0.3) is 0 Å². The molecule has 0 aliphatic carbocycles. The van der Waals surface area contributed by atoms with E-state index in [0.29, 0.717) is 12.1 Å². The van der Waals surface area contributed by atoms with Crippen molar-refractivity contribution in [2.75, 3.05) is 79.3 Å². The van der Waals surface area contributed by atoms with Gasteiger partial charge < -0.3 is 19.7 Å². The minimum atomic E-state index is 0. The summed E-state index contributed by atoms with van der Waals surface area (Å²) in [4.78, 5) is 12.1. The zero-order chi connectivity index (χ0) is 18.4. The van der Waals surface area contributed by atoms with Crippen molar-refractivity contribution in [1.29, 1.82) is 0 Å². The highest BCUT2D eigenvalue weighted by molar-refractivity contribution is 14.0. The van der Waals surface area contributed by atoms with Crippen molar-refractivity contribution < 1.29 is 9.47 Å². The van der Waals surface area contributed by atoms with Gasteiger partial charge in [-0.1, -0.05) is 0 Å². The summed E-state index contributed by atoms with van der Waals surface area (Å²) in [7, 11) is 1.90. The molecular formula is C19H38IN5O2. The molecule has 27 heavy (non-hydrogen) atoms. The number of ether oxygens (including phenoxy) is 2. The summed E-state index contributed by atoms with van der Waals surface area (Å²) in [6.07, 6.45) is 1.26. The monoisotopic (exact) mass is 495 g/mol. The van der Waals surface area contributed by atoms with Crippen LogP contribution in [0.3, 0.4) is 0 Å². The molecule has 0 radical (unpaired) electrons. The Balaban J connectivity index is 0.00000261. The van der Waals surface area contributed by atoms with E-state index in [9.17, 15) is 0 Å². The second-order valence-electron chi connectivity index (χ2n) is 7.95. The van der Waals surface area contributed by atoms with E-state index in [1.54, 1.807) is 0 Å². The lowest BCUT2D eigenvalue weighted by Crippen LogP contribution is -2.53. The summed E-state index contributed by atoms with van der Waals surface area (Å²) in [5, 5.41) is 3.61. The second kappa shape index (κ2) is 11.7. The summed E-state index contributed by atoms with van der Waals surface area (Å²) in [5.41, 5.74) is 0. The van der Waals surface area contributed by atoms with E-state index in [-0.39, 0.29) is 24.0 Å². The molecule has 1 N–H and O–H groups in total. The first kappa shape index (κ1) is 23.1. The largest absolute Gasteiger partial charge is 0.379 e. The Hall–Kier alpha value is -0.160. The number of morpholine rings is 2. The normalized spacial score (nSPS) is 29.4. The van der Waals surface area contributed by atoms with E-state index in [1.165, 1.54) is 13.0 Å². The van der Waals surface area contributed by atoms with Crippen molar-refractivity contribution in [3.05, 3.63) is 0 Å². The van der Waals surface area contributed by atoms with E-state index < -0.39 is 0 Å². The molecule has 3 rings (SSSR count). The lowest BCUT2D eigenvalue weighted by Gasteiger charge is -2.38. The highest BCUT2D eigenvalue weighted by Crippen LogP contribution is 2.18. The number of likely N-dealkylation sites (tertiary alicyclic amines) is 1. The molecule has 7 nitrogen and oxygen atoms in total. The molecule has 3 aliphatic rings. The fourth-order valence-electron chi connectivity index (χ4n) is 4.41. The van der Waals surface area contributed by atoms with Gasteiger partial charge in [-0.15, -0.1) is 24.0 Å². The topological polar surface area (TPSA) is 52.6 Å². The number of hydrogen-bond donors (Lipinski definition) is 1. The Morgan fingerprint density at radius 2 is 1.89 bits per heavy atom. The Labute approximate surface area is 181 Å². The SMILES string of the molecule is CN=C(NCC(C)N1CCOCC1C)N1CCC(CN2CCOCC2)C1.I. The van der Waals surface area contributed by atoms with Gasteiger partial charge in [0.1, 0.15) is 0 Å². The zero-order valence-electron chi connectivity index (χ0n) is 17.2. The summed E-state index contributed by atoms with van der Waals surface area (Å²) >= 11 is 0. The van der Waals surface area contributed by atoms with Gasteiger partial charge >= 0.3 is 0 Å². The van der Waals surface area contributed by atoms with E-state index in [0.717, 1.165) is 77.6 Å². The van der Waals surface area contributed by atoms with Crippen LogP contribution in [0.15, 0.2) is 4.99 Å². The molecule has 3 saturated heterocycles. The molecule has 3 unspecified atom stereocenters. The van der Waals surface area contributed by atoms with E-state index in [2.05, 4.69) is 38.9 Å². The third-order valence-corrected chi connectivity index (χ3v) is 5.96. The van der Waals surface area contributed by atoms with E-state index in [4.69, 9.17) is 9.47 Å². The van der Waals surface area contributed by atoms with Gasteiger partial charge in [-0.25, -0.2) is 0 Å².